The highest BCUT2D eigenvalue weighted by Crippen LogP contribution is 2.20. The van der Waals surface area contributed by atoms with Gasteiger partial charge in [-0.15, -0.1) is 0 Å². The number of aliphatic hydroxyl groups is 1. The molecule has 0 amide bonds. The summed E-state index contributed by atoms with van der Waals surface area (Å²) >= 11 is 0. The average molecular weight is 195 g/mol. The highest BCUT2D eigenvalue weighted by atomic mass is 16.5. The predicted molar refractivity (Wildman–Crippen MR) is 50.0 cm³/mol. The third-order valence-electron chi connectivity index (χ3n) is 2.22. The van der Waals surface area contributed by atoms with Crippen LogP contribution in [-0.2, 0) is 11.3 Å². The molecule has 0 bridgehead atoms. The van der Waals surface area contributed by atoms with Gasteiger partial charge in [-0.2, -0.15) is 0 Å². The molecule has 1 atom stereocenters. The van der Waals surface area contributed by atoms with E-state index in [-0.39, 0.29) is 12.7 Å². The van der Waals surface area contributed by atoms with Gasteiger partial charge in [0.05, 0.1) is 26.0 Å². The lowest BCUT2D eigenvalue weighted by Crippen LogP contribution is -2.16. The third-order valence-corrected chi connectivity index (χ3v) is 2.22. The third kappa shape index (κ3) is 2.02. The number of hydrogen-bond donors (Lipinski definition) is 1. The maximum absolute atomic E-state index is 9.05. The van der Waals surface area contributed by atoms with Crippen molar-refractivity contribution in [1.29, 1.82) is 0 Å². The smallest absolute Gasteiger partial charge is 0.143 e. The van der Waals surface area contributed by atoms with Crippen LogP contribution in [0.4, 0.5) is 0 Å². The molecule has 2 rings (SSSR count). The maximum atomic E-state index is 9.05. The average Bonchev–Trinajstić information content (AvgIpc) is 2.71. The topological polar surface area (TPSA) is 51.6 Å². The van der Waals surface area contributed by atoms with Gasteiger partial charge in [-0.05, 0) is 6.07 Å². The molecule has 14 heavy (non-hydrogen) atoms. The molecule has 1 aromatic heterocycles. The van der Waals surface area contributed by atoms with Crippen LogP contribution in [0.3, 0.4) is 0 Å². The van der Waals surface area contributed by atoms with Crippen LogP contribution in [0.1, 0.15) is 12.0 Å². The van der Waals surface area contributed by atoms with Crippen LogP contribution in [0.15, 0.2) is 18.5 Å². The van der Waals surface area contributed by atoms with Gasteiger partial charge in [-0.3, -0.25) is 4.98 Å². The Morgan fingerprint density at radius 3 is 3.29 bits per heavy atom. The molecule has 1 unspecified atom stereocenters. The number of hydrogen-bond acceptors (Lipinski definition) is 4. The molecule has 1 aliphatic heterocycles. The summed E-state index contributed by atoms with van der Waals surface area (Å²) < 4.78 is 10.8. The highest BCUT2D eigenvalue weighted by molar-refractivity contribution is 5.29. The van der Waals surface area contributed by atoms with Crippen LogP contribution >= 0.6 is 0 Å². The van der Waals surface area contributed by atoms with Crippen LogP contribution in [-0.4, -0.2) is 29.4 Å². The molecular weight excluding hydrogens is 182 g/mol. The summed E-state index contributed by atoms with van der Waals surface area (Å²) in [4.78, 5) is 3.96. The van der Waals surface area contributed by atoms with Crippen LogP contribution < -0.4 is 4.74 Å². The lowest BCUT2D eigenvalue weighted by molar-refractivity contribution is 0.138. The Hall–Kier alpha value is -1.13. The van der Waals surface area contributed by atoms with Gasteiger partial charge in [0, 0.05) is 18.2 Å². The zero-order valence-corrected chi connectivity index (χ0v) is 7.85. The molecule has 1 saturated heterocycles. The standard InChI is InChI=1S/C10H13NO3/c12-6-8-1-3-11-5-10(8)14-9-2-4-13-7-9/h1,3,5,9,12H,2,4,6-7H2. The van der Waals surface area contributed by atoms with E-state index in [0.29, 0.717) is 12.4 Å². The molecular formula is C10H13NO3. The number of ether oxygens (including phenoxy) is 2. The number of nitrogens with zero attached hydrogens (tertiary/aromatic N) is 1. The van der Waals surface area contributed by atoms with Gasteiger partial charge in [-0.1, -0.05) is 0 Å². The van der Waals surface area contributed by atoms with Gasteiger partial charge in [0.15, 0.2) is 0 Å². The Kier molecular flexibility index (Phi) is 2.96. The van der Waals surface area contributed by atoms with Crippen molar-refractivity contribution in [2.75, 3.05) is 13.2 Å². The number of pyridine rings is 1. The van der Waals surface area contributed by atoms with Crippen LogP contribution in [0.5, 0.6) is 5.75 Å². The first kappa shape index (κ1) is 9.43. The first-order chi connectivity index (χ1) is 6.90. The van der Waals surface area contributed by atoms with Crippen LogP contribution in [0.2, 0.25) is 0 Å². The molecule has 76 valence electrons. The van der Waals surface area contributed by atoms with E-state index in [0.717, 1.165) is 18.6 Å². The van der Waals surface area contributed by atoms with Crippen molar-refractivity contribution in [3.63, 3.8) is 0 Å². The molecule has 0 saturated carbocycles. The molecule has 1 aliphatic rings. The molecule has 4 heteroatoms. The zero-order chi connectivity index (χ0) is 9.80. The molecule has 2 heterocycles. The second-order valence-electron chi connectivity index (χ2n) is 3.24. The summed E-state index contributed by atoms with van der Waals surface area (Å²) in [5.74, 6) is 0.658. The number of aliphatic hydroxyl groups excluding tert-OH is 1. The Bertz CT molecular complexity index is 297. The van der Waals surface area contributed by atoms with Crippen LogP contribution in [0.25, 0.3) is 0 Å². The summed E-state index contributed by atoms with van der Waals surface area (Å²) in [7, 11) is 0. The molecule has 4 nitrogen and oxygen atoms in total. The summed E-state index contributed by atoms with van der Waals surface area (Å²) in [5, 5.41) is 9.05. The molecule has 1 fully saturated rings. The Morgan fingerprint density at radius 1 is 1.64 bits per heavy atom. The summed E-state index contributed by atoms with van der Waals surface area (Å²) in [6.07, 6.45) is 4.28. The minimum absolute atomic E-state index is 0.0224. The van der Waals surface area contributed by atoms with Gasteiger partial charge in [0.2, 0.25) is 0 Å². The first-order valence-corrected chi connectivity index (χ1v) is 4.68. The SMILES string of the molecule is OCc1ccncc1OC1CCOC1. The van der Waals surface area contributed by atoms with Gasteiger partial charge in [-0.25, -0.2) is 0 Å². The monoisotopic (exact) mass is 195 g/mol. The normalized spacial score (nSPS) is 21.1. The minimum Gasteiger partial charge on any atom is -0.486 e. The summed E-state index contributed by atoms with van der Waals surface area (Å²) in [6.45, 7) is 1.35. The first-order valence-electron chi connectivity index (χ1n) is 4.68. The molecule has 0 aromatic carbocycles. The molecule has 0 radical (unpaired) electrons. The zero-order valence-electron chi connectivity index (χ0n) is 7.85. The molecule has 1 N–H and O–H groups in total. The van der Waals surface area contributed by atoms with E-state index < -0.39 is 0 Å². The number of aromatic nitrogens is 1. The van der Waals surface area contributed by atoms with Crippen molar-refractivity contribution < 1.29 is 14.6 Å². The fraction of sp³-hybridized carbons (Fsp3) is 0.500. The molecule has 0 spiro atoms. The fourth-order valence-electron chi connectivity index (χ4n) is 1.43. The van der Waals surface area contributed by atoms with E-state index in [4.69, 9.17) is 14.6 Å². The van der Waals surface area contributed by atoms with Crippen molar-refractivity contribution in [3.05, 3.63) is 24.0 Å². The second-order valence-corrected chi connectivity index (χ2v) is 3.24. The second kappa shape index (κ2) is 4.39. The van der Waals surface area contributed by atoms with E-state index in [1.54, 1.807) is 18.5 Å². The Labute approximate surface area is 82.5 Å². The predicted octanol–water partition coefficient (Wildman–Crippen LogP) is 0.742. The van der Waals surface area contributed by atoms with Crippen molar-refractivity contribution in [2.24, 2.45) is 0 Å². The van der Waals surface area contributed by atoms with Crippen molar-refractivity contribution >= 4 is 0 Å². The van der Waals surface area contributed by atoms with Gasteiger partial charge in [0.1, 0.15) is 11.9 Å². The van der Waals surface area contributed by atoms with Gasteiger partial charge in [0.25, 0.3) is 0 Å². The van der Waals surface area contributed by atoms with Crippen molar-refractivity contribution in [3.8, 4) is 5.75 Å². The van der Waals surface area contributed by atoms with E-state index >= 15 is 0 Å². The van der Waals surface area contributed by atoms with Crippen LogP contribution in [0, 0.1) is 0 Å². The highest BCUT2D eigenvalue weighted by Gasteiger charge is 2.18. The Balaban J connectivity index is 2.07. The number of rotatable bonds is 3. The largest absolute Gasteiger partial charge is 0.486 e. The van der Waals surface area contributed by atoms with Crippen molar-refractivity contribution in [2.45, 2.75) is 19.1 Å². The molecule has 0 aliphatic carbocycles. The van der Waals surface area contributed by atoms with E-state index in [1.807, 2.05) is 0 Å². The summed E-state index contributed by atoms with van der Waals surface area (Å²) in [6, 6.07) is 1.76. The Morgan fingerprint density at radius 2 is 2.57 bits per heavy atom. The van der Waals surface area contributed by atoms with E-state index in [2.05, 4.69) is 4.98 Å². The van der Waals surface area contributed by atoms with E-state index in [1.165, 1.54) is 0 Å². The van der Waals surface area contributed by atoms with Crippen molar-refractivity contribution in [1.82, 2.24) is 4.98 Å². The quantitative estimate of drug-likeness (QED) is 0.773. The fourth-order valence-corrected chi connectivity index (χ4v) is 1.43. The maximum Gasteiger partial charge on any atom is 0.143 e. The summed E-state index contributed by atoms with van der Waals surface area (Å²) in [5.41, 5.74) is 0.770. The minimum atomic E-state index is -0.0224. The lowest BCUT2D eigenvalue weighted by atomic mass is 10.2. The van der Waals surface area contributed by atoms with Gasteiger partial charge < -0.3 is 14.6 Å². The molecule has 1 aromatic rings. The lowest BCUT2D eigenvalue weighted by Gasteiger charge is -2.13. The van der Waals surface area contributed by atoms with Gasteiger partial charge >= 0.3 is 0 Å². The van der Waals surface area contributed by atoms with E-state index in [9.17, 15) is 0 Å².